The topological polar surface area (TPSA) is 47.7 Å². The van der Waals surface area contributed by atoms with Gasteiger partial charge in [-0.15, -0.1) is 0 Å². The molecular weight excluding hydrogens is 331 g/mol. The molecule has 1 aliphatic rings. The quantitative estimate of drug-likeness (QED) is 0.897. The first kappa shape index (κ1) is 18.0. The van der Waals surface area contributed by atoms with Crippen LogP contribution in [0.2, 0.25) is 0 Å². The van der Waals surface area contributed by atoms with Crippen LogP contribution in [0.25, 0.3) is 0 Å². The number of rotatable bonds is 5. The summed E-state index contributed by atoms with van der Waals surface area (Å²) < 4.78 is 42.0. The van der Waals surface area contributed by atoms with Gasteiger partial charge in [-0.25, -0.2) is 4.98 Å². The molecule has 0 amide bonds. The van der Waals surface area contributed by atoms with Crippen LogP contribution in [-0.4, -0.2) is 25.9 Å². The number of alkyl halides is 3. The third-order valence-corrected chi connectivity index (χ3v) is 4.95. The van der Waals surface area contributed by atoms with E-state index in [0.717, 1.165) is 37.9 Å². The van der Waals surface area contributed by atoms with Crippen molar-refractivity contribution in [1.82, 2.24) is 24.6 Å². The van der Waals surface area contributed by atoms with Crippen LogP contribution in [0.3, 0.4) is 0 Å². The molecule has 0 aliphatic carbocycles. The zero-order valence-corrected chi connectivity index (χ0v) is 14.8. The molecule has 3 rings (SSSR count). The van der Waals surface area contributed by atoms with Gasteiger partial charge >= 0.3 is 6.18 Å². The van der Waals surface area contributed by atoms with Gasteiger partial charge in [0.1, 0.15) is 5.82 Å². The highest BCUT2D eigenvalue weighted by molar-refractivity contribution is 5.24. The fraction of sp³-hybridized carbons (Fsp3) is 0.647. The molecule has 3 heterocycles. The van der Waals surface area contributed by atoms with Crippen LogP contribution < -0.4 is 5.32 Å². The first-order valence-corrected chi connectivity index (χ1v) is 8.66. The van der Waals surface area contributed by atoms with Gasteiger partial charge in [0.25, 0.3) is 0 Å². The molecule has 5 nitrogen and oxygen atoms in total. The van der Waals surface area contributed by atoms with Gasteiger partial charge in [-0.1, -0.05) is 0 Å². The van der Waals surface area contributed by atoms with E-state index in [2.05, 4.69) is 29.2 Å². The summed E-state index contributed by atoms with van der Waals surface area (Å²) in [6.07, 6.45) is -1.78. The van der Waals surface area contributed by atoms with Crippen LogP contribution >= 0.6 is 0 Å². The van der Waals surface area contributed by atoms with Crippen molar-refractivity contribution >= 4 is 0 Å². The summed E-state index contributed by atoms with van der Waals surface area (Å²) in [5, 5.41) is 7.96. The highest BCUT2D eigenvalue weighted by Crippen LogP contribution is 2.30. The van der Waals surface area contributed by atoms with E-state index in [-0.39, 0.29) is 0 Å². The predicted octanol–water partition coefficient (Wildman–Crippen LogP) is 3.09. The summed E-state index contributed by atoms with van der Waals surface area (Å²) in [4.78, 5) is 3.73. The van der Waals surface area contributed by atoms with E-state index in [4.69, 9.17) is 0 Å². The number of halogens is 3. The Morgan fingerprint density at radius 3 is 2.72 bits per heavy atom. The van der Waals surface area contributed by atoms with E-state index in [0.29, 0.717) is 24.7 Å². The lowest BCUT2D eigenvalue weighted by molar-refractivity contribution is -0.141. The van der Waals surface area contributed by atoms with E-state index in [1.54, 1.807) is 4.57 Å². The SMILES string of the molecule is CCn1nc(C)c(CNC[C@H]2CCc3nc(C(F)(F)F)cn3C2)c1C. The fourth-order valence-electron chi connectivity index (χ4n) is 3.52. The molecule has 0 saturated carbocycles. The Labute approximate surface area is 145 Å². The highest BCUT2D eigenvalue weighted by Gasteiger charge is 2.35. The van der Waals surface area contributed by atoms with Crippen LogP contribution in [0.15, 0.2) is 6.20 Å². The van der Waals surface area contributed by atoms with E-state index < -0.39 is 11.9 Å². The Hall–Kier alpha value is -1.83. The van der Waals surface area contributed by atoms with E-state index in [1.807, 2.05) is 11.6 Å². The Bertz CT molecular complexity index is 744. The maximum Gasteiger partial charge on any atom is 0.434 e. The first-order valence-electron chi connectivity index (χ1n) is 8.66. The molecule has 0 spiro atoms. The second-order valence-corrected chi connectivity index (χ2v) is 6.69. The minimum absolute atomic E-state index is 0.310. The lowest BCUT2D eigenvalue weighted by Gasteiger charge is -2.24. The smallest absolute Gasteiger partial charge is 0.334 e. The molecule has 1 atom stereocenters. The number of nitrogens with zero attached hydrogens (tertiary/aromatic N) is 4. The van der Waals surface area contributed by atoms with Crippen molar-refractivity contribution in [3.63, 3.8) is 0 Å². The lowest BCUT2D eigenvalue weighted by atomic mass is 9.99. The third kappa shape index (κ3) is 3.73. The Balaban J connectivity index is 1.57. The van der Waals surface area contributed by atoms with Crippen molar-refractivity contribution < 1.29 is 13.2 Å². The maximum atomic E-state index is 12.8. The summed E-state index contributed by atoms with van der Waals surface area (Å²) in [5.74, 6) is 0.851. The minimum Gasteiger partial charge on any atom is -0.334 e. The molecule has 25 heavy (non-hydrogen) atoms. The molecule has 0 fully saturated rings. The first-order chi connectivity index (χ1) is 11.8. The summed E-state index contributed by atoms with van der Waals surface area (Å²) >= 11 is 0. The van der Waals surface area contributed by atoms with Gasteiger partial charge < -0.3 is 9.88 Å². The van der Waals surface area contributed by atoms with Gasteiger partial charge in [0, 0.05) is 43.5 Å². The molecule has 2 aromatic heterocycles. The zero-order valence-electron chi connectivity index (χ0n) is 14.8. The van der Waals surface area contributed by atoms with Crippen LogP contribution in [0.5, 0.6) is 0 Å². The van der Waals surface area contributed by atoms with Gasteiger partial charge in [0.05, 0.1) is 5.69 Å². The lowest BCUT2D eigenvalue weighted by Crippen LogP contribution is -2.30. The van der Waals surface area contributed by atoms with E-state index in [1.165, 1.54) is 11.3 Å². The minimum atomic E-state index is -4.37. The van der Waals surface area contributed by atoms with Gasteiger partial charge in [-0.3, -0.25) is 4.68 Å². The zero-order chi connectivity index (χ0) is 18.2. The van der Waals surface area contributed by atoms with Crippen LogP contribution in [-0.2, 0) is 32.2 Å². The summed E-state index contributed by atoms with van der Waals surface area (Å²) in [5.41, 5.74) is 2.62. The number of hydrogen-bond acceptors (Lipinski definition) is 3. The van der Waals surface area contributed by atoms with Crippen molar-refractivity contribution in [2.45, 2.75) is 59.4 Å². The second kappa shape index (κ2) is 6.82. The molecule has 0 bridgehead atoms. The highest BCUT2D eigenvalue weighted by atomic mass is 19.4. The van der Waals surface area contributed by atoms with Crippen molar-refractivity contribution in [1.29, 1.82) is 0 Å². The monoisotopic (exact) mass is 355 g/mol. The summed E-state index contributed by atoms with van der Waals surface area (Å²) in [7, 11) is 0. The molecule has 0 aromatic carbocycles. The van der Waals surface area contributed by atoms with Gasteiger partial charge in [0.2, 0.25) is 0 Å². The number of aryl methyl sites for hydroxylation is 3. The summed E-state index contributed by atoms with van der Waals surface area (Å²) in [6.45, 7) is 9.08. The molecule has 1 N–H and O–H groups in total. The van der Waals surface area contributed by atoms with E-state index >= 15 is 0 Å². The maximum absolute atomic E-state index is 12.8. The molecule has 0 radical (unpaired) electrons. The fourth-order valence-corrected chi connectivity index (χ4v) is 3.52. The average Bonchev–Trinajstić information content (AvgIpc) is 3.09. The number of imidazole rings is 1. The van der Waals surface area contributed by atoms with Crippen LogP contribution in [0.1, 0.15) is 41.8 Å². The average molecular weight is 355 g/mol. The Morgan fingerprint density at radius 1 is 1.32 bits per heavy atom. The molecule has 138 valence electrons. The molecular formula is C17H24F3N5. The molecule has 0 unspecified atom stereocenters. The number of hydrogen-bond donors (Lipinski definition) is 1. The molecule has 2 aromatic rings. The Morgan fingerprint density at radius 2 is 2.08 bits per heavy atom. The van der Waals surface area contributed by atoms with Crippen LogP contribution in [0.4, 0.5) is 13.2 Å². The van der Waals surface area contributed by atoms with Crippen molar-refractivity contribution in [3.05, 3.63) is 34.7 Å². The van der Waals surface area contributed by atoms with Crippen molar-refractivity contribution in [2.24, 2.45) is 5.92 Å². The Kier molecular flexibility index (Phi) is 4.90. The normalized spacial score (nSPS) is 17.8. The van der Waals surface area contributed by atoms with Crippen LogP contribution in [0, 0.1) is 19.8 Å². The largest absolute Gasteiger partial charge is 0.434 e. The van der Waals surface area contributed by atoms with Gasteiger partial charge in [-0.05, 0) is 39.7 Å². The van der Waals surface area contributed by atoms with E-state index in [9.17, 15) is 13.2 Å². The third-order valence-electron chi connectivity index (χ3n) is 4.95. The molecule has 0 saturated heterocycles. The van der Waals surface area contributed by atoms with Crippen molar-refractivity contribution in [3.8, 4) is 0 Å². The molecule has 8 heteroatoms. The van der Waals surface area contributed by atoms with Gasteiger partial charge in [-0.2, -0.15) is 18.3 Å². The second-order valence-electron chi connectivity index (χ2n) is 6.69. The number of nitrogens with one attached hydrogen (secondary N) is 1. The number of fused-ring (bicyclic) bond motifs is 1. The molecule has 1 aliphatic heterocycles. The van der Waals surface area contributed by atoms with Gasteiger partial charge in [0.15, 0.2) is 5.69 Å². The standard InChI is InChI=1S/C17H24F3N5/c1-4-25-12(3)14(11(2)23-25)8-21-7-13-5-6-16-22-15(17(18,19)20)10-24(16)9-13/h10,13,21H,4-9H2,1-3H3/t13-/m1/s1. The predicted molar refractivity (Wildman–Crippen MR) is 88.1 cm³/mol. The summed E-state index contributed by atoms with van der Waals surface area (Å²) in [6, 6.07) is 0. The van der Waals surface area contributed by atoms with Crippen molar-refractivity contribution in [2.75, 3.05) is 6.54 Å². The number of aromatic nitrogens is 4.